The minimum atomic E-state index is -3.71. The van der Waals surface area contributed by atoms with Crippen molar-refractivity contribution in [2.75, 3.05) is 6.54 Å². The zero-order valence-corrected chi connectivity index (χ0v) is 16.8. The van der Waals surface area contributed by atoms with Crippen LogP contribution in [0.25, 0.3) is 0 Å². The number of nitrogens with two attached hydrogens (primary N) is 1. The van der Waals surface area contributed by atoms with Gasteiger partial charge in [-0.1, -0.05) is 26.0 Å². The monoisotopic (exact) mass is 395 g/mol. The predicted molar refractivity (Wildman–Crippen MR) is 106 cm³/mol. The predicted octanol–water partition coefficient (Wildman–Crippen LogP) is 2.17. The maximum absolute atomic E-state index is 11.4. The highest BCUT2D eigenvalue weighted by Crippen LogP contribution is 2.17. The molecule has 9 heteroatoms. The number of sulfonamides is 1. The fourth-order valence-electron chi connectivity index (χ4n) is 2.16. The van der Waals surface area contributed by atoms with Gasteiger partial charge in [0.1, 0.15) is 5.01 Å². The van der Waals surface area contributed by atoms with Crippen LogP contribution in [-0.4, -0.2) is 25.9 Å². The van der Waals surface area contributed by atoms with Crippen molar-refractivity contribution in [1.29, 1.82) is 0 Å². The quantitative estimate of drug-likeness (QED) is 0.492. The SMILES string of the molecule is CCNC(=NCc1cccc(S(N)(=O)=O)c1)NCc1nc(C(C)C)cs1. The second kappa shape index (κ2) is 9.11. The lowest BCUT2D eigenvalue weighted by molar-refractivity contribution is 0.597. The molecule has 0 saturated carbocycles. The second-order valence-corrected chi connectivity index (χ2v) is 8.57. The molecule has 0 amide bonds. The van der Waals surface area contributed by atoms with Gasteiger partial charge in [-0.3, -0.25) is 0 Å². The summed E-state index contributed by atoms with van der Waals surface area (Å²) in [5.74, 6) is 1.06. The minimum Gasteiger partial charge on any atom is -0.357 e. The lowest BCUT2D eigenvalue weighted by atomic mass is 10.2. The molecule has 0 aliphatic heterocycles. The van der Waals surface area contributed by atoms with Crippen molar-refractivity contribution < 1.29 is 8.42 Å². The van der Waals surface area contributed by atoms with E-state index in [4.69, 9.17) is 5.14 Å². The minimum absolute atomic E-state index is 0.0900. The molecule has 1 heterocycles. The lowest BCUT2D eigenvalue weighted by Crippen LogP contribution is -2.36. The van der Waals surface area contributed by atoms with E-state index in [1.54, 1.807) is 17.4 Å². The zero-order chi connectivity index (χ0) is 19.2. The summed E-state index contributed by atoms with van der Waals surface area (Å²) in [7, 11) is -3.71. The summed E-state index contributed by atoms with van der Waals surface area (Å²) >= 11 is 1.62. The molecule has 142 valence electrons. The molecule has 0 aliphatic rings. The number of hydrogen-bond donors (Lipinski definition) is 3. The van der Waals surface area contributed by atoms with Crippen LogP contribution in [0.15, 0.2) is 39.5 Å². The third-order valence-electron chi connectivity index (χ3n) is 3.56. The van der Waals surface area contributed by atoms with Crippen molar-refractivity contribution in [2.45, 2.75) is 44.7 Å². The number of primary sulfonamides is 1. The third-order valence-corrected chi connectivity index (χ3v) is 5.34. The number of thiazole rings is 1. The van der Waals surface area contributed by atoms with Crippen LogP contribution in [-0.2, 0) is 23.1 Å². The van der Waals surface area contributed by atoms with Crippen LogP contribution in [0.2, 0.25) is 0 Å². The fraction of sp³-hybridized carbons (Fsp3) is 0.412. The summed E-state index contributed by atoms with van der Waals surface area (Å²) in [4.78, 5) is 9.18. The van der Waals surface area contributed by atoms with Crippen LogP contribution in [0.4, 0.5) is 0 Å². The summed E-state index contributed by atoms with van der Waals surface area (Å²) in [6, 6.07) is 6.49. The van der Waals surface area contributed by atoms with Gasteiger partial charge in [-0.2, -0.15) is 0 Å². The van der Waals surface area contributed by atoms with Crippen molar-refractivity contribution in [3.8, 4) is 0 Å². The van der Waals surface area contributed by atoms with Gasteiger partial charge in [0.2, 0.25) is 10.0 Å². The van der Waals surface area contributed by atoms with E-state index in [-0.39, 0.29) is 4.90 Å². The number of rotatable bonds is 7. The molecule has 26 heavy (non-hydrogen) atoms. The molecule has 1 aromatic carbocycles. The molecular formula is C17H25N5O2S2. The van der Waals surface area contributed by atoms with E-state index in [0.29, 0.717) is 25.0 Å². The normalized spacial score (nSPS) is 12.4. The highest BCUT2D eigenvalue weighted by Gasteiger charge is 2.09. The Morgan fingerprint density at radius 2 is 2.12 bits per heavy atom. The first-order valence-electron chi connectivity index (χ1n) is 8.37. The Morgan fingerprint density at radius 3 is 2.73 bits per heavy atom. The fourth-order valence-corrected chi connectivity index (χ4v) is 3.64. The van der Waals surface area contributed by atoms with E-state index in [9.17, 15) is 8.42 Å². The Hall–Kier alpha value is -1.97. The third kappa shape index (κ3) is 6.08. The number of nitrogens with zero attached hydrogens (tertiary/aromatic N) is 2. The summed E-state index contributed by atoms with van der Waals surface area (Å²) in [5, 5.41) is 14.7. The molecule has 0 fully saturated rings. The van der Waals surface area contributed by atoms with Crippen LogP contribution >= 0.6 is 11.3 Å². The Kier molecular flexibility index (Phi) is 7.13. The average molecular weight is 396 g/mol. The van der Waals surface area contributed by atoms with Gasteiger partial charge in [0.15, 0.2) is 5.96 Å². The molecule has 2 rings (SSSR count). The molecule has 0 bridgehead atoms. The zero-order valence-electron chi connectivity index (χ0n) is 15.2. The van der Waals surface area contributed by atoms with Gasteiger partial charge in [0.25, 0.3) is 0 Å². The van der Waals surface area contributed by atoms with Gasteiger partial charge in [-0.15, -0.1) is 11.3 Å². The Labute approximate surface area is 158 Å². The molecule has 2 aromatic rings. The summed E-state index contributed by atoms with van der Waals surface area (Å²) in [6.45, 7) is 7.87. The highest BCUT2D eigenvalue weighted by atomic mass is 32.2. The molecule has 0 spiro atoms. The van der Waals surface area contributed by atoms with Crippen LogP contribution in [0.5, 0.6) is 0 Å². The first-order valence-corrected chi connectivity index (χ1v) is 10.8. The van der Waals surface area contributed by atoms with Crippen molar-refractivity contribution in [2.24, 2.45) is 10.1 Å². The Bertz CT molecular complexity index is 860. The lowest BCUT2D eigenvalue weighted by Gasteiger charge is -2.10. The first-order chi connectivity index (χ1) is 12.3. The molecule has 0 unspecified atom stereocenters. The van der Waals surface area contributed by atoms with Gasteiger partial charge >= 0.3 is 0 Å². The summed E-state index contributed by atoms with van der Waals surface area (Å²) in [6.07, 6.45) is 0. The summed E-state index contributed by atoms with van der Waals surface area (Å²) in [5.41, 5.74) is 1.86. The number of benzene rings is 1. The smallest absolute Gasteiger partial charge is 0.238 e. The van der Waals surface area contributed by atoms with Gasteiger partial charge in [-0.25, -0.2) is 23.5 Å². The van der Waals surface area contributed by atoms with E-state index >= 15 is 0 Å². The highest BCUT2D eigenvalue weighted by molar-refractivity contribution is 7.89. The molecule has 0 radical (unpaired) electrons. The Balaban J connectivity index is 2.04. The molecule has 7 nitrogen and oxygen atoms in total. The van der Waals surface area contributed by atoms with E-state index in [1.807, 2.05) is 13.0 Å². The first kappa shape index (κ1) is 20.3. The molecule has 0 atom stereocenters. The topological polar surface area (TPSA) is 109 Å². The summed E-state index contributed by atoms with van der Waals surface area (Å²) < 4.78 is 22.9. The standard InChI is InChI=1S/C17H25N5O2S2/c1-4-19-17(21-10-16-22-15(11-25-16)12(2)3)20-9-13-6-5-7-14(8-13)26(18,23)24/h5-8,11-12H,4,9-10H2,1-3H3,(H2,18,23,24)(H2,19,20,21). The molecule has 1 aromatic heterocycles. The van der Waals surface area contributed by atoms with Crippen LogP contribution in [0, 0.1) is 0 Å². The number of aliphatic imine (C=N–C) groups is 1. The van der Waals surface area contributed by atoms with E-state index < -0.39 is 10.0 Å². The maximum Gasteiger partial charge on any atom is 0.238 e. The van der Waals surface area contributed by atoms with Gasteiger partial charge in [-0.05, 0) is 30.5 Å². The van der Waals surface area contributed by atoms with Gasteiger partial charge in [0.05, 0.1) is 23.7 Å². The van der Waals surface area contributed by atoms with Crippen LogP contribution in [0.3, 0.4) is 0 Å². The molecule has 0 saturated heterocycles. The van der Waals surface area contributed by atoms with Crippen LogP contribution in [0.1, 0.15) is 43.0 Å². The number of nitrogens with one attached hydrogen (secondary N) is 2. The van der Waals surface area contributed by atoms with E-state index in [0.717, 1.165) is 22.8 Å². The number of hydrogen-bond acceptors (Lipinski definition) is 5. The molecular weight excluding hydrogens is 370 g/mol. The largest absolute Gasteiger partial charge is 0.357 e. The Morgan fingerprint density at radius 1 is 1.35 bits per heavy atom. The van der Waals surface area contributed by atoms with Crippen molar-refractivity contribution in [3.05, 3.63) is 45.9 Å². The molecule has 0 aliphatic carbocycles. The van der Waals surface area contributed by atoms with Crippen LogP contribution < -0.4 is 15.8 Å². The van der Waals surface area contributed by atoms with Gasteiger partial charge in [0, 0.05) is 11.9 Å². The van der Waals surface area contributed by atoms with Gasteiger partial charge < -0.3 is 10.6 Å². The van der Waals surface area contributed by atoms with Crippen molar-refractivity contribution >= 4 is 27.3 Å². The number of guanidine groups is 1. The number of aromatic nitrogens is 1. The van der Waals surface area contributed by atoms with Crippen molar-refractivity contribution in [1.82, 2.24) is 15.6 Å². The maximum atomic E-state index is 11.4. The second-order valence-electron chi connectivity index (χ2n) is 6.06. The van der Waals surface area contributed by atoms with Crippen molar-refractivity contribution in [3.63, 3.8) is 0 Å². The van der Waals surface area contributed by atoms with E-state index in [2.05, 4.69) is 39.8 Å². The molecule has 4 N–H and O–H groups in total. The average Bonchev–Trinajstić information content (AvgIpc) is 3.06. The van der Waals surface area contributed by atoms with E-state index in [1.165, 1.54) is 12.1 Å².